The molecule has 0 saturated heterocycles. The average molecular weight is 414 g/mol. The van der Waals surface area contributed by atoms with Gasteiger partial charge in [-0.15, -0.1) is 11.6 Å². The van der Waals surface area contributed by atoms with Gasteiger partial charge in [-0.2, -0.15) is 13.2 Å². The van der Waals surface area contributed by atoms with E-state index in [0.717, 1.165) is 12.1 Å². The molecule has 0 aromatic heterocycles. The summed E-state index contributed by atoms with van der Waals surface area (Å²) in [5, 5.41) is 12.0. The molecular weight excluding hydrogens is 405 g/mol. The topological polar surface area (TPSA) is 32.3 Å². The molecule has 102 valence electrons. The highest BCUT2D eigenvalue weighted by Crippen LogP contribution is 2.36. The standard InChI is InChI=1S/C10H9Cl2F3INO/c11-3-6(18)4-17-9-7(12)1-5(2-8(9)16)10(13,14)15/h1-2,6,17-18H,3-4H2. The molecule has 1 unspecified atom stereocenters. The molecule has 0 aliphatic rings. The number of anilines is 1. The lowest BCUT2D eigenvalue weighted by molar-refractivity contribution is -0.137. The Balaban J connectivity index is 2.95. The number of nitrogens with one attached hydrogen (secondary N) is 1. The fraction of sp³-hybridized carbons (Fsp3) is 0.400. The van der Waals surface area contributed by atoms with Gasteiger partial charge < -0.3 is 10.4 Å². The van der Waals surface area contributed by atoms with Crippen molar-refractivity contribution in [2.45, 2.75) is 12.3 Å². The third kappa shape index (κ3) is 4.32. The Labute approximate surface area is 126 Å². The molecule has 0 amide bonds. The highest BCUT2D eigenvalue weighted by molar-refractivity contribution is 14.1. The number of halogens is 6. The summed E-state index contributed by atoms with van der Waals surface area (Å²) in [4.78, 5) is 0. The van der Waals surface area contributed by atoms with E-state index in [2.05, 4.69) is 5.32 Å². The van der Waals surface area contributed by atoms with E-state index >= 15 is 0 Å². The van der Waals surface area contributed by atoms with E-state index in [-0.39, 0.29) is 17.4 Å². The molecule has 1 aromatic rings. The first-order chi connectivity index (χ1) is 8.25. The molecule has 1 aromatic carbocycles. The highest BCUT2D eigenvalue weighted by atomic mass is 127. The molecule has 8 heteroatoms. The molecule has 0 aliphatic heterocycles. The summed E-state index contributed by atoms with van der Waals surface area (Å²) in [5.74, 6) is 0.0296. The van der Waals surface area contributed by atoms with Crippen LogP contribution in [-0.2, 0) is 6.18 Å². The van der Waals surface area contributed by atoms with Crippen LogP contribution < -0.4 is 5.32 Å². The summed E-state index contributed by atoms with van der Waals surface area (Å²) < 4.78 is 37.9. The number of rotatable bonds is 4. The van der Waals surface area contributed by atoms with Gasteiger partial charge in [-0.05, 0) is 34.7 Å². The van der Waals surface area contributed by atoms with Crippen LogP contribution in [0.15, 0.2) is 12.1 Å². The fourth-order valence-electron chi connectivity index (χ4n) is 1.18. The van der Waals surface area contributed by atoms with E-state index in [1.165, 1.54) is 0 Å². The minimum Gasteiger partial charge on any atom is -0.390 e. The summed E-state index contributed by atoms with van der Waals surface area (Å²) in [7, 11) is 0. The quantitative estimate of drug-likeness (QED) is 0.578. The molecule has 0 heterocycles. The van der Waals surface area contributed by atoms with Gasteiger partial charge in [0.2, 0.25) is 0 Å². The molecular formula is C10H9Cl2F3INO. The normalized spacial score (nSPS) is 13.5. The third-order valence-corrected chi connectivity index (χ3v) is 3.57. The summed E-state index contributed by atoms with van der Waals surface area (Å²) in [6.45, 7) is 0.116. The minimum atomic E-state index is -4.43. The lowest BCUT2D eigenvalue weighted by Crippen LogP contribution is -2.21. The van der Waals surface area contributed by atoms with Crippen LogP contribution >= 0.6 is 45.8 Å². The maximum atomic E-state index is 12.5. The van der Waals surface area contributed by atoms with Crippen molar-refractivity contribution in [1.82, 2.24) is 0 Å². The van der Waals surface area contributed by atoms with Crippen LogP contribution in [0.4, 0.5) is 18.9 Å². The minimum absolute atomic E-state index is 0.0296. The van der Waals surface area contributed by atoms with Crippen LogP contribution in [0.3, 0.4) is 0 Å². The Morgan fingerprint density at radius 1 is 1.39 bits per heavy atom. The van der Waals surface area contributed by atoms with E-state index < -0.39 is 17.8 Å². The molecule has 1 atom stereocenters. The number of aliphatic hydroxyl groups is 1. The number of hydrogen-bond acceptors (Lipinski definition) is 2. The zero-order valence-corrected chi connectivity index (χ0v) is 12.5. The summed E-state index contributed by atoms with van der Waals surface area (Å²) >= 11 is 12.9. The van der Waals surface area contributed by atoms with Crippen LogP contribution in [-0.4, -0.2) is 23.6 Å². The van der Waals surface area contributed by atoms with Crippen molar-refractivity contribution in [3.8, 4) is 0 Å². The third-order valence-electron chi connectivity index (χ3n) is 2.06. The van der Waals surface area contributed by atoms with Gasteiger partial charge in [0.15, 0.2) is 0 Å². The molecule has 18 heavy (non-hydrogen) atoms. The second-order valence-electron chi connectivity index (χ2n) is 3.50. The maximum Gasteiger partial charge on any atom is 0.416 e. The van der Waals surface area contributed by atoms with Gasteiger partial charge in [-0.3, -0.25) is 0 Å². The molecule has 1 rings (SSSR count). The van der Waals surface area contributed by atoms with Crippen LogP contribution in [0, 0.1) is 3.57 Å². The Bertz CT molecular complexity index is 405. The van der Waals surface area contributed by atoms with Crippen molar-refractivity contribution in [3.05, 3.63) is 26.3 Å². The SMILES string of the molecule is OC(CCl)CNc1c(Cl)cc(C(F)(F)F)cc1I. The summed E-state index contributed by atoms with van der Waals surface area (Å²) in [6.07, 6.45) is -5.22. The van der Waals surface area contributed by atoms with Crippen LogP contribution in [0.1, 0.15) is 5.56 Å². The molecule has 2 N–H and O–H groups in total. The molecule has 0 aliphatic carbocycles. The van der Waals surface area contributed by atoms with Crippen molar-refractivity contribution < 1.29 is 18.3 Å². The van der Waals surface area contributed by atoms with Gasteiger partial charge >= 0.3 is 6.18 Å². The average Bonchev–Trinajstić information content (AvgIpc) is 2.26. The predicted octanol–water partition coefficient (Wildman–Crippen LogP) is 3.98. The van der Waals surface area contributed by atoms with Gasteiger partial charge in [0.05, 0.1) is 28.3 Å². The zero-order chi connectivity index (χ0) is 13.9. The van der Waals surface area contributed by atoms with Crippen molar-refractivity contribution >= 4 is 51.5 Å². The van der Waals surface area contributed by atoms with Gasteiger partial charge in [-0.1, -0.05) is 11.6 Å². The number of benzene rings is 1. The van der Waals surface area contributed by atoms with Crippen molar-refractivity contribution in [3.63, 3.8) is 0 Å². The Morgan fingerprint density at radius 2 is 2.00 bits per heavy atom. The monoisotopic (exact) mass is 413 g/mol. The number of aliphatic hydroxyl groups excluding tert-OH is 1. The first-order valence-corrected chi connectivity index (χ1v) is 6.79. The summed E-state index contributed by atoms with van der Waals surface area (Å²) in [6, 6.07) is 1.83. The Hall–Kier alpha value is 0.0800. The van der Waals surface area contributed by atoms with Crippen molar-refractivity contribution in [2.75, 3.05) is 17.7 Å². The van der Waals surface area contributed by atoms with Gasteiger partial charge in [-0.25, -0.2) is 0 Å². The number of alkyl halides is 4. The molecule has 0 radical (unpaired) electrons. The molecule has 0 saturated carbocycles. The first-order valence-electron chi connectivity index (χ1n) is 4.80. The van der Waals surface area contributed by atoms with Crippen LogP contribution in [0.25, 0.3) is 0 Å². The second-order valence-corrected chi connectivity index (χ2v) is 5.38. The van der Waals surface area contributed by atoms with E-state index in [4.69, 9.17) is 23.2 Å². The van der Waals surface area contributed by atoms with E-state index in [9.17, 15) is 18.3 Å². The lowest BCUT2D eigenvalue weighted by atomic mass is 10.2. The number of hydrogen-bond donors (Lipinski definition) is 2. The summed E-state index contributed by atoms with van der Waals surface area (Å²) in [5.41, 5.74) is -0.449. The highest BCUT2D eigenvalue weighted by Gasteiger charge is 2.31. The van der Waals surface area contributed by atoms with E-state index in [1.54, 1.807) is 22.6 Å². The Morgan fingerprint density at radius 3 is 2.44 bits per heavy atom. The molecule has 0 spiro atoms. The van der Waals surface area contributed by atoms with Crippen molar-refractivity contribution in [2.24, 2.45) is 0 Å². The Kier molecular flexibility index (Phi) is 5.82. The second kappa shape index (κ2) is 6.49. The maximum absolute atomic E-state index is 12.5. The van der Waals surface area contributed by atoms with E-state index in [0.29, 0.717) is 9.26 Å². The first kappa shape index (κ1) is 16.1. The van der Waals surface area contributed by atoms with Crippen LogP contribution in [0.5, 0.6) is 0 Å². The predicted molar refractivity (Wildman–Crippen MR) is 74.4 cm³/mol. The smallest absolute Gasteiger partial charge is 0.390 e. The van der Waals surface area contributed by atoms with Crippen LogP contribution in [0.2, 0.25) is 5.02 Å². The molecule has 2 nitrogen and oxygen atoms in total. The van der Waals surface area contributed by atoms with Gasteiger partial charge in [0.25, 0.3) is 0 Å². The van der Waals surface area contributed by atoms with E-state index in [1.807, 2.05) is 0 Å². The lowest BCUT2D eigenvalue weighted by Gasteiger charge is -2.15. The van der Waals surface area contributed by atoms with Crippen molar-refractivity contribution in [1.29, 1.82) is 0 Å². The fourth-order valence-corrected chi connectivity index (χ4v) is 2.55. The molecule has 0 bridgehead atoms. The van der Waals surface area contributed by atoms with Gasteiger partial charge in [0.1, 0.15) is 0 Å². The zero-order valence-electron chi connectivity index (χ0n) is 8.86. The largest absolute Gasteiger partial charge is 0.416 e. The van der Waals surface area contributed by atoms with Gasteiger partial charge in [0, 0.05) is 10.1 Å². The molecule has 0 fully saturated rings.